The lowest BCUT2D eigenvalue weighted by atomic mass is 10.0. The predicted molar refractivity (Wildman–Crippen MR) is 75.7 cm³/mol. The Kier molecular flexibility index (Phi) is 6.65. The molecule has 0 spiro atoms. The van der Waals surface area contributed by atoms with Gasteiger partial charge >= 0.3 is 0 Å². The van der Waals surface area contributed by atoms with Crippen LogP contribution in [-0.2, 0) is 4.79 Å². The number of hydrogen-bond acceptors (Lipinski definition) is 3. The van der Waals surface area contributed by atoms with E-state index in [9.17, 15) is 4.79 Å². The molecule has 1 saturated heterocycles. The molecule has 0 aromatic rings. The van der Waals surface area contributed by atoms with E-state index >= 15 is 0 Å². The third kappa shape index (κ3) is 4.94. The van der Waals surface area contributed by atoms with Gasteiger partial charge in [-0.1, -0.05) is 6.42 Å². The summed E-state index contributed by atoms with van der Waals surface area (Å²) in [5.41, 5.74) is 0. The fourth-order valence-electron chi connectivity index (χ4n) is 2.57. The second kappa shape index (κ2) is 7.74. The van der Waals surface area contributed by atoms with Crippen molar-refractivity contribution in [1.82, 2.24) is 15.1 Å². The van der Waals surface area contributed by atoms with Gasteiger partial charge in [0.25, 0.3) is 0 Å². The number of rotatable bonds is 6. The average molecular weight is 255 g/mol. The molecule has 0 aromatic carbocycles. The summed E-state index contributed by atoms with van der Waals surface area (Å²) in [6, 6.07) is 0.665. The fraction of sp³-hybridized carbons (Fsp3) is 0.929. The minimum Gasteiger partial charge on any atom is -0.347 e. The van der Waals surface area contributed by atoms with Gasteiger partial charge in [0.2, 0.25) is 5.91 Å². The van der Waals surface area contributed by atoms with E-state index < -0.39 is 0 Å². The molecule has 2 atom stereocenters. The van der Waals surface area contributed by atoms with Gasteiger partial charge < -0.3 is 15.1 Å². The summed E-state index contributed by atoms with van der Waals surface area (Å²) < 4.78 is 0. The first-order valence-electron chi connectivity index (χ1n) is 7.21. The van der Waals surface area contributed by atoms with Gasteiger partial charge in [0.05, 0.1) is 6.04 Å². The van der Waals surface area contributed by atoms with Crippen molar-refractivity contribution in [1.29, 1.82) is 0 Å². The highest BCUT2D eigenvalue weighted by Crippen LogP contribution is 2.15. The maximum atomic E-state index is 11.6. The highest BCUT2D eigenvalue weighted by Gasteiger charge is 2.18. The van der Waals surface area contributed by atoms with Crippen LogP contribution < -0.4 is 5.32 Å². The number of likely N-dealkylation sites (N-methyl/N-ethyl adjacent to an activating group) is 1. The van der Waals surface area contributed by atoms with Gasteiger partial charge in [-0.05, 0) is 52.7 Å². The van der Waals surface area contributed by atoms with Crippen LogP contribution in [0.5, 0.6) is 0 Å². The lowest BCUT2D eigenvalue weighted by molar-refractivity contribution is -0.130. The van der Waals surface area contributed by atoms with Gasteiger partial charge in [0, 0.05) is 20.1 Å². The Bertz CT molecular complexity index is 255. The molecule has 1 N–H and O–H groups in total. The molecular weight excluding hydrogens is 226 g/mol. The minimum absolute atomic E-state index is 0.0706. The topological polar surface area (TPSA) is 35.6 Å². The van der Waals surface area contributed by atoms with Gasteiger partial charge in [-0.15, -0.1) is 0 Å². The molecule has 0 aliphatic carbocycles. The molecule has 1 aliphatic heterocycles. The highest BCUT2D eigenvalue weighted by atomic mass is 16.2. The van der Waals surface area contributed by atoms with Crippen LogP contribution in [0.2, 0.25) is 0 Å². The first kappa shape index (κ1) is 15.4. The number of piperidine rings is 1. The van der Waals surface area contributed by atoms with E-state index in [0.29, 0.717) is 0 Å². The Hall–Kier alpha value is -0.610. The Morgan fingerprint density at radius 2 is 2.17 bits per heavy atom. The molecule has 2 unspecified atom stereocenters. The second-order valence-electron chi connectivity index (χ2n) is 5.64. The third-order valence-corrected chi connectivity index (χ3v) is 3.82. The number of amides is 1. The predicted octanol–water partition coefficient (Wildman–Crippen LogP) is 1.32. The van der Waals surface area contributed by atoms with Crippen molar-refractivity contribution in [2.75, 3.05) is 33.7 Å². The molecule has 0 bridgehead atoms. The van der Waals surface area contributed by atoms with Gasteiger partial charge in [-0.3, -0.25) is 4.79 Å². The smallest absolute Gasteiger partial charge is 0.238 e. The molecule has 0 aromatic heterocycles. The molecule has 1 heterocycles. The SMILES string of the molecule is CC(NCCCN1CCCCC1C)C(=O)N(C)C. The normalized spacial score (nSPS) is 22.8. The third-order valence-electron chi connectivity index (χ3n) is 3.82. The lowest BCUT2D eigenvalue weighted by Crippen LogP contribution is -2.43. The number of likely N-dealkylation sites (tertiary alicyclic amines) is 1. The Morgan fingerprint density at radius 1 is 1.44 bits per heavy atom. The summed E-state index contributed by atoms with van der Waals surface area (Å²) in [4.78, 5) is 15.9. The monoisotopic (exact) mass is 255 g/mol. The van der Waals surface area contributed by atoms with Crippen molar-refractivity contribution in [2.24, 2.45) is 0 Å². The molecule has 1 aliphatic rings. The largest absolute Gasteiger partial charge is 0.347 e. The molecular formula is C14H29N3O. The van der Waals surface area contributed by atoms with Crippen LogP contribution in [0.3, 0.4) is 0 Å². The average Bonchev–Trinajstić information content (AvgIpc) is 2.35. The molecule has 106 valence electrons. The van der Waals surface area contributed by atoms with E-state index in [-0.39, 0.29) is 11.9 Å². The quantitative estimate of drug-likeness (QED) is 0.727. The van der Waals surface area contributed by atoms with Crippen LogP contribution in [0.1, 0.15) is 39.5 Å². The maximum absolute atomic E-state index is 11.6. The number of carbonyl (C=O) groups is 1. The number of carbonyl (C=O) groups excluding carboxylic acids is 1. The van der Waals surface area contributed by atoms with Gasteiger partial charge in [0.15, 0.2) is 0 Å². The minimum atomic E-state index is -0.0706. The van der Waals surface area contributed by atoms with Crippen LogP contribution >= 0.6 is 0 Å². The molecule has 1 fully saturated rings. The molecule has 4 nitrogen and oxygen atoms in total. The van der Waals surface area contributed by atoms with Crippen molar-refractivity contribution in [3.8, 4) is 0 Å². The van der Waals surface area contributed by atoms with E-state index in [1.165, 1.54) is 25.8 Å². The highest BCUT2D eigenvalue weighted by molar-refractivity contribution is 5.80. The summed E-state index contributed by atoms with van der Waals surface area (Å²) in [5.74, 6) is 0.154. The van der Waals surface area contributed by atoms with Crippen LogP contribution in [0.25, 0.3) is 0 Å². The summed E-state index contributed by atoms with van der Waals surface area (Å²) in [6.45, 7) is 7.57. The van der Waals surface area contributed by atoms with Crippen molar-refractivity contribution in [3.63, 3.8) is 0 Å². The molecule has 18 heavy (non-hydrogen) atoms. The molecule has 0 radical (unpaired) electrons. The summed E-state index contributed by atoms with van der Waals surface area (Å²) >= 11 is 0. The van der Waals surface area contributed by atoms with E-state index in [2.05, 4.69) is 17.1 Å². The zero-order chi connectivity index (χ0) is 13.5. The molecule has 1 amide bonds. The summed E-state index contributed by atoms with van der Waals surface area (Å²) in [5, 5.41) is 3.30. The molecule has 1 rings (SSSR count). The number of hydrogen-bond donors (Lipinski definition) is 1. The van der Waals surface area contributed by atoms with Crippen molar-refractivity contribution in [3.05, 3.63) is 0 Å². The fourth-order valence-corrected chi connectivity index (χ4v) is 2.57. The van der Waals surface area contributed by atoms with Crippen LogP contribution in [0.15, 0.2) is 0 Å². The zero-order valence-corrected chi connectivity index (χ0v) is 12.4. The molecule has 0 saturated carbocycles. The number of nitrogens with one attached hydrogen (secondary N) is 1. The Balaban J connectivity index is 2.12. The van der Waals surface area contributed by atoms with E-state index in [1.54, 1.807) is 19.0 Å². The second-order valence-corrected chi connectivity index (χ2v) is 5.64. The van der Waals surface area contributed by atoms with Gasteiger partial charge in [-0.2, -0.15) is 0 Å². The summed E-state index contributed by atoms with van der Waals surface area (Å²) in [7, 11) is 3.60. The van der Waals surface area contributed by atoms with E-state index in [0.717, 1.165) is 25.6 Å². The Labute approximate surface area is 112 Å². The van der Waals surface area contributed by atoms with Crippen LogP contribution in [0, 0.1) is 0 Å². The standard InChI is InChI=1S/C14H29N3O/c1-12-8-5-6-10-17(12)11-7-9-15-13(2)14(18)16(3)4/h12-13,15H,5-11H2,1-4H3. The lowest BCUT2D eigenvalue weighted by Gasteiger charge is -2.33. The van der Waals surface area contributed by atoms with Crippen molar-refractivity contribution >= 4 is 5.91 Å². The van der Waals surface area contributed by atoms with Gasteiger partial charge in [-0.25, -0.2) is 0 Å². The Morgan fingerprint density at radius 3 is 2.78 bits per heavy atom. The zero-order valence-electron chi connectivity index (χ0n) is 12.4. The first-order chi connectivity index (χ1) is 8.52. The van der Waals surface area contributed by atoms with Crippen molar-refractivity contribution < 1.29 is 4.79 Å². The van der Waals surface area contributed by atoms with Crippen molar-refractivity contribution in [2.45, 2.75) is 51.6 Å². The van der Waals surface area contributed by atoms with Crippen LogP contribution in [-0.4, -0.2) is 61.5 Å². The van der Waals surface area contributed by atoms with E-state index in [4.69, 9.17) is 0 Å². The van der Waals surface area contributed by atoms with Gasteiger partial charge in [0.1, 0.15) is 0 Å². The van der Waals surface area contributed by atoms with E-state index in [1.807, 2.05) is 6.92 Å². The van der Waals surface area contributed by atoms with Crippen LogP contribution in [0.4, 0.5) is 0 Å². The maximum Gasteiger partial charge on any atom is 0.238 e. The number of nitrogens with zero attached hydrogens (tertiary/aromatic N) is 2. The summed E-state index contributed by atoms with van der Waals surface area (Å²) in [6.07, 6.45) is 5.18. The first-order valence-corrected chi connectivity index (χ1v) is 7.21. The molecule has 4 heteroatoms.